The number of aryl methyl sites for hydroxylation is 1. The van der Waals surface area contributed by atoms with Gasteiger partial charge in [-0.2, -0.15) is 0 Å². The number of carbonyl (C=O) groups excluding carboxylic acids is 1. The number of carbonyl (C=O) groups is 1. The molecule has 0 fully saturated rings. The molecule has 5 nitrogen and oxygen atoms in total. The summed E-state index contributed by atoms with van der Waals surface area (Å²) in [5.74, 6) is 0.0382. The largest absolute Gasteiger partial charge is 0.364 e. The van der Waals surface area contributed by atoms with Crippen molar-refractivity contribution >= 4 is 11.7 Å². The van der Waals surface area contributed by atoms with E-state index < -0.39 is 5.91 Å². The van der Waals surface area contributed by atoms with E-state index in [1.807, 2.05) is 18.2 Å². The minimum Gasteiger partial charge on any atom is -0.364 e. The highest BCUT2D eigenvalue weighted by molar-refractivity contribution is 5.90. The van der Waals surface area contributed by atoms with Crippen molar-refractivity contribution in [1.29, 1.82) is 0 Å². The molecule has 0 aliphatic carbocycles. The summed E-state index contributed by atoms with van der Waals surface area (Å²) in [6.45, 7) is 2.72. The summed E-state index contributed by atoms with van der Waals surface area (Å²) < 4.78 is 0. The van der Waals surface area contributed by atoms with E-state index in [2.05, 4.69) is 28.5 Å². The van der Waals surface area contributed by atoms with Crippen molar-refractivity contribution in [1.82, 2.24) is 10.2 Å². The van der Waals surface area contributed by atoms with E-state index >= 15 is 0 Å². The number of benzene rings is 1. The maximum atomic E-state index is 10.8. The highest BCUT2D eigenvalue weighted by Gasteiger charge is 2.03. The fraction of sp³-hybridized carbons (Fsp3) is 0.154. The molecule has 0 saturated heterocycles. The van der Waals surface area contributed by atoms with E-state index in [0.29, 0.717) is 12.4 Å². The van der Waals surface area contributed by atoms with Gasteiger partial charge in [-0.3, -0.25) is 4.79 Å². The third kappa shape index (κ3) is 2.82. The van der Waals surface area contributed by atoms with E-state index in [1.54, 1.807) is 12.1 Å². The Morgan fingerprint density at radius 2 is 2.00 bits per heavy atom. The van der Waals surface area contributed by atoms with Crippen LogP contribution in [0.25, 0.3) is 0 Å². The molecule has 18 heavy (non-hydrogen) atoms. The van der Waals surface area contributed by atoms with Crippen molar-refractivity contribution in [3.05, 3.63) is 53.2 Å². The lowest BCUT2D eigenvalue weighted by Crippen LogP contribution is -2.14. The van der Waals surface area contributed by atoms with Crippen LogP contribution in [0.5, 0.6) is 0 Å². The molecule has 2 aromatic rings. The van der Waals surface area contributed by atoms with Gasteiger partial charge in [0.25, 0.3) is 5.91 Å². The Labute approximate surface area is 105 Å². The van der Waals surface area contributed by atoms with E-state index in [4.69, 9.17) is 5.73 Å². The van der Waals surface area contributed by atoms with Crippen molar-refractivity contribution in [2.24, 2.45) is 5.73 Å². The van der Waals surface area contributed by atoms with Gasteiger partial charge in [0.2, 0.25) is 0 Å². The van der Waals surface area contributed by atoms with Crippen LogP contribution in [-0.4, -0.2) is 16.1 Å². The summed E-state index contributed by atoms with van der Waals surface area (Å²) in [5.41, 5.74) is 7.66. The van der Waals surface area contributed by atoms with Crippen LogP contribution in [0.3, 0.4) is 0 Å². The molecular formula is C13H14N4O. The smallest absolute Gasteiger partial charge is 0.269 e. The molecule has 1 heterocycles. The Kier molecular flexibility index (Phi) is 3.52. The Morgan fingerprint density at radius 3 is 2.61 bits per heavy atom. The molecule has 1 aromatic carbocycles. The number of rotatable bonds is 4. The summed E-state index contributed by atoms with van der Waals surface area (Å²) in [4.78, 5) is 10.8. The summed E-state index contributed by atoms with van der Waals surface area (Å²) in [6.07, 6.45) is 0. The summed E-state index contributed by atoms with van der Waals surface area (Å²) in [5, 5.41) is 10.8. The Hall–Kier alpha value is -2.43. The fourth-order valence-corrected chi connectivity index (χ4v) is 1.55. The van der Waals surface area contributed by atoms with Crippen LogP contribution in [0.15, 0.2) is 36.4 Å². The van der Waals surface area contributed by atoms with Gasteiger partial charge in [-0.15, -0.1) is 10.2 Å². The molecule has 1 aromatic heterocycles. The van der Waals surface area contributed by atoms with Gasteiger partial charge in [-0.05, 0) is 30.2 Å². The van der Waals surface area contributed by atoms with Gasteiger partial charge in [0, 0.05) is 6.54 Å². The standard InChI is InChI=1S/C13H14N4O/c1-9-4-2-3-5-10(9)8-15-12-7-6-11(13(14)18)16-17-12/h2-7H,8H2,1H3,(H2,14,18)(H,15,17). The lowest BCUT2D eigenvalue weighted by Gasteiger charge is -2.07. The van der Waals surface area contributed by atoms with Gasteiger partial charge in [-0.1, -0.05) is 24.3 Å². The van der Waals surface area contributed by atoms with Crippen molar-refractivity contribution < 1.29 is 4.79 Å². The number of nitrogens with zero attached hydrogens (tertiary/aromatic N) is 2. The van der Waals surface area contributed by atoms with Gasteiger partial charge in [0.15, 0.2) is 5.69 Å². The van der Waals surface area contributed by atoms with Crippen molar-refractivity contribution in [3.8, 4) is 0 Å². The van der Waals surface area contributed by atoms with E-state index in [9.17, 15) is 4.79 Å². The van der Waals surface area contributed by atoms with Gasteiger partial charge in [0.1, 0.15) is 5.82 Å². The molecule has 92 valence electrons. The zero-order valence-corrected chi connectivity index (χ0v) is 10.1. The Morgan fingerprint density at radius 1 is 1.22 bits per heavy atom. The highest BCUT2D eigenvalue weighted by Crippen LogP contribution is 2.09. The first-order valence-electron chi connectivity index (χ1n) is 5.59. The highest BCUT2D eigenvalue weighted by atomic mass is 16.1. The number of anilines is 1. The molecule has 0 unspecified atom stereocenters. The van der Waals surface area contributed by atoms with E-state index in [1.165, 1.54) is 11.1 Å². The van der Waals surface area contributed by atoms with Crippen LogP contribution < -0.4 is 11.1 Å². The number of nitrogens with two attached hydrogens (primary N) is 1. The second-order valence-corrected chi connectivity index (χ2v) is 3.95. The lowest BCUT2D eigenvalue weighted by atomic mass is 10.1. The van der Waals surface area contributed by atoms with E-state index in [-0.39, 0.29) is 5.69 Å². The van der Waals surface area contributed by atoms with Gasteiger partial charge >= 0.3 is 0 Å². The predicted molar refractivity (Wildman–Crippen MR) is 69.1 cm³/mol. The van der Waals surface area contributed by atoms with Crippen molar-refractivity contribution in [3.63, 3.8) is 0 Å². The molecule has 0 radical (unpaired) electrons. The molecule has 2 rings (SSSR count). The second-order valence-electron chi connectivity index (χ2n) is 3.95. The molecule has 0 spiro atoms. The van der Waals surface area contributed by atoms with Crippen LogP contribution in [-0.2, 0) is 6.54 Å². The molecule has 3 N–H and O–H groups in total. The Bertz CT molecular complexity index is 551. The van der Waals surface area contributed by atoms with Crippen LogP contribution >= 0.6 is 0 Å². The number of primary amides is 1. The minimum atomic E-state index is -0.576. The molecule has 5 heteroatoms. The predicted octanol–water partition coefficient (Wildman–Crippen LogP) is 1.50. The quantitative estimate of drug-likeness (QED) is 0.851. The SMILES string of the molecule is Cc1ccccc1CNc1ccc(C(N)=O)nn1. The first-order chi connectivity index (χ1) is 8.66. The van der Waals surface area contributed by atoms with E-state index in [0.717, 1.165) is 0 Å². The van der Waals surface area contributed by atoms with Gasteiger partial charge in [-0.25, -0.2) is 0 Å². The maximum absolute atomic E-state index is 10.8. The zero-order chi connectivity index (χ0) is 13.0. The fourth-order valence-electron chi connectivity index (χ4n) is 1.55. The zero-order valence-electron chi connectivity index (χ0n) is 10.1. The molecular weight excluding hydrogens is 228 g/mol. The second kappa shape index (κ2) is 5.27. The number of amides is 1. The summed E-state index contributed by atoms with van der Waals surface area (Å²) >= 11 is 0. The number of nitrogens with one attached hydrogen (secondary N) is 1. The molecule has 1 amide bonds. The van der Waals surface area contributed by atoms with Crippen LogP contribution in [0.4, 0.5) is 5.82 Å². The molecule has 0 bridgehead atoms. The Balaban J connectivity index is 2.02. The number of hydrogen-bond donors (Lipinski definition) is 2. The van der Waals surface area contributed by atoms with Crippen LogP contribution in [0.2, 0.25) is 0 Å². The topological polar surface area (TPSA) is 80.9 Å². The summed E-state index contributed by atoms with van der Waals surface area (Å²) in [6, 6.07) is 11.3. The van der Waals surface area contributed by atoms with Gasteiger partial charge in [0.05, 0.1) is 0 Å². The molecule has 0 atom stereocenters. The van der Waals surface area contributed by atoms with Crippen molar-refractivity contribution in [2.45, 2.75) is 13.5 Å². The number of aromatic nitrogens is 2. The van der Waals surface area contributed by atoms with Crippen molar-refractivity contribution in [2.75, 3.05) is 5.32 Å². The first-order valence-corrected chi connectivity index (χ1v) is 5.59. The normalized spacial score (nSPS) is 10.1. The molecule has 0 aliphatic rings. The third-order valence-electron chi connectivity index (χ3n) is 2.64. The average Bonchev–Trinajstić information content (AvgIpc) is 2.38. The molecule has 0 saturated carbocycles. The van der Waals surface area contributed by atoms with Gasteiger partial charge < -0.3 is 11.1 Å². The van der Waals surface area contributed by atoms with Crippen LogP contribution in [0, 0.1) is 6.92 Å². The third-order valence-corrected chi connectivity index (χ3v) is 2.64. The minimum absolute atomic E-state index is 0.163. The average molecular weight is 242 g/mol. The molecule has 0 aliphatic heterocycles. The number of hydrogen-bond acceptors (Lipinski definition) is 4. The monoisotopic (exact) mass is 242 g/mol. The summed E-state index contributed by atoms with van der Waals surface area (Å²) in [7, 11) is 0. The van der Waals surface area contributed by atoms with Crippen LogP contribution in [0.1, 0.15) is 21.6 Å². The first kappa shape index (κ1) is 12.0. The lowest BCUT2D eigenvalue weighted by molar-refractivity contribution is 0.0994. The maximum Gasteiger partial charge on any atom is 0.269 e.